The summed E-state index contributed by atoms with van der Waals surface area (Å²) in [6.07, 6.45) is 1.71. The lowest BCUT2D eigenvalue weighted by atomic mass is 9.95. The van der Waals surface area contributed by atoms with Crippen molar-refractivity contribution in [2.24, 2.45) is 10.9 Å². The Hall–Kier alpha value is -4.67. The van der Waals surface area contributed by atoms with Crippen LogP contribution in [0.2, 0.25) is 5.02 Å². The summed E-state index contributed by atoms with van der Waals surface area (Å²) in [6, 6.07) is 18.8. The number of anilines is 2. The van der Waals surface area contributed by atoms with Gasteiger partial charge >= 0.3 is 0 Å². The first-order valence-corrected chi connectivity index (χ1v) is 14.2. The van der Waals surface area contributed by atoms with Gasteiger partial charge < -0.3 is 15.1 Å². The van der Waals surface area contributed by atoms with E-state index in [1.807, 2.05) is 25.1 Å². The van der Waals surface area contributed by atoms with Gasteiger partial charge in [0.2, 0.25) is 5.95 Å². The zero-order valence-electron chi connectivity index (χ0n) is 23.7. The largest absolute Gasteiger partial charge is 0.342 e. The lowest BCUT2D eigenvalue weighted by molar-refractivity contribution is 0.0955. The van der Waals surface area contributed by atoms with Crippen LogP contribution in [0.4, 0.5) is 16.0 Å². The molecule has 0 unspecified atom stereocenters. The van der Waals surface area contributed by atoms with Crippen molar-refractivity contribution in [3.8, 4) is 11.3 Å². The van der Waals surface area contributed by atoms with Crippen LogP contribution in [0.3, 0.4) is 0 Å². The molecule has 218 valence electrons. The Morgan fingerprint density at radius 2 is 1.84 bits per heavy atom. The first-order chi connectivity index (χ1) is 20.7. The molecule has 43 heavy (non-hydrogen) atoms. The molecular formula is C32H30ClFN8O. The fourth-order valence-corrected chi connectivity index (χ4v) is 5.52. The number of halogens is 2. The molecule has 9 nitrogen and oxygen atoms in total. The highest BCUT2D eigenvalue weighted by molar-refractivity contribution is 6.31. The number of rotatable bonds is 6. The number of aromatic nitrogens is 2. The predicted octanol–water partition coefficient (Wildman–Crippen LogP) is 5.19. The Bertz CT molecular complexity index is 1730. The standard InChI is InChI=1S/C32H30ClFN8O/c1-41(2)16-19-17-42(18-19)31(35)40-30(43)20-7-10-23(11-8-20)38-32-37-15-21-14-36-29(25-5-3-4-6-27(25)34)26-13-22(33)9-12-24(26)28(21)39-32/h3-13,15,19H,14,16-18H2,1-2H3,(H2,35,40,43)(H,37,38,39). The Morgan fingerprint density at radius 3 is 2.58 bits per heavy atom. The summed E-state index contributed by atoms with van der Waals surface area (Å²) in [5, 5.41) is 14.6. The first kappa shape index (κ1) is 28.4. The molecule has 1 aromatic heterocycles. The summed E-state index contributed by atoms with van der Waals surface area (Å²) in [6.45, 7) is 2.76. The second kappa shape index (κ2) is 11.9. The van der Waals surface area contributed by atoms with Crippen molar-refractivity contribution >= 4 is 40.8 Å². The first-order valence-electron chi connectivity index (χ1n) is 13.9. The molecule has 1 fully saturated rings. The number of guanidine groups is 1. The van der Waals surface area contributed by atoms with Gasteiger partial charge in [-0.2, -0.15) is 0 Å². The van der Waals surface area contributed by atoms with E-state index >= 15 is 0 Å². The third-order valence-corrected chi connectivity index (χ3v) is 7.66. The van der Waals surface area contributed by atoms with Crippen molar-refractivity contribution < 1.29 is 9.18 Å². The second-order valence-corrected chi connectivity index (χ2v) is 11.4. The number of hydrogen-bond donors (Lipinski definition) is 3. The van der Waals surface area contributed by atoms with E-state index < -0.39 is 0 Å². The minimum Gasteiger partial charge on any atom is -0.342 e. The van der Waals surface area contributed by atoms with Crippen molar-refractivity contribution in [3.05, 3.63) is 106 Å². The van der Waals surface area contributed by atoms with Crippen LogP contribution in [0, 0.1) is 17.1 Å². The van der Waals surface area contributed by atoms with Gasteiger partial charge in [0.1, 0.15) is 5.82 Å². The van der Waals surface area contributed by atoms with E-state index in [1.165, 1.54) is 6.07 Å². The fraction of sp³-hybridized carbons (Fsp3) is 0.219. The van der Waals surface area contributed by atoms with E-state index in [2.05, 4.69) is 20.5 Å². The van der Waals surface area contributed by atoms with E-state index in [0.717, 1.165) is 30.8 Å². The zero-order chi connectivity index (χ0) is 30.1. The lowest BCUT2D eigenvalue weighted by Gasteiger charge is -2.41. The number of aliphatic imine (C=N–C) groups is 1. The molecule has 0 atom stereocenters. The van der Waals surface area contributed by atoms with Crippen molar-refractivity contribution in [1.82, 2.24) is 25.1 Å². The zero-order valence-corrected chi connectivity index (χ0v) is 24.5. The van der Waals surface area contributed by atoms with Crippen LogP contribution in [0.15, 0.2) is 77.9 Å². The Morgan fingerprint density at radius 1 is 1.07 bits per heavy atom. The van der Waals surface area contributed by atoms with Gasteiger partial charge in [0.25, 0.3) is 5.91 Å². The van der Waals surface area contributed by atoms with Gasteiger partial charge in [0.15, 0.2) is 5.96 Å². The van der Waals surface area contributed by atoms with Crippen LogP contribution in [0.25, 0.3) is 11.3 Å². The average molecular weight is 597 g/mol. The topological polar surface area (TPSA) is 110 Å². The molecule has 2 aliphatic heterocycles. The molecule has 0 saturated carbocycles. The van der Waals surface area contributed by atoms with Crippen LogP contribution in [0.1, 0.15) is 27.0 Å². The number of likely N-dealkylation sites (tertiary alicyclic amines) is 1. The number of carbonyl (C=O) groups is 1. The van der Waals surface area contributed by atoms with Crippen molar-refractivity contribution in [1.29, 1.82) is 5.41 Å². The maximum Gasteiger partial charge on any atom is 0.257 e. The number of nitrogens with zero attached hydrogens (tertiary/aromatic N) is 5. The Kier molecular flexibility index (Phi) is 7.88. The molecule has 3 heterocycles. The molecule has 4 aromatic rings. The van der Waals surface area contributed by atoms with Crippen LogP contribution >= 0.6 is 11.6 Å². The summed E-state index contributed by atoms with van der Waals surface area (Å²) in [7, 11) is 4.06. The highest BCUT2D eigenvalue weighted by Crippen LogP contribution is 2.34. The molecule has 2 aliphatic rings. The maximum absolute atomic E-state index is 14.8. The Labute approximate surface area is 254 Å². The minimum absolute atomic E-state index is 0.115. The second-order valence-electron chi connectivity index (χ2n) is 10.9. The smallest absolute Gasteiger partial charge is 0.257 e. The molecule has 1 amide bonds. The number of nitrogens with one attached hydrogen (secondary N) is 3. The van der Waals surface area contributed by atoms with Gasteiger partial charge in [-0.05, 0) is 62.6 Å². The quantitative estimate of drug-likeness (QED) is 0.209. The van der Waals surface area contributed by atoms with Gasteiger partial charge in [-0.3, -0.25) is 20.5 Å². The number of fused-ring (bicyclic) bond motifs is 3. The molecule has 0 spiro atoms. The van der Waals surface area contributed by atoms with Crippen LogP contribution in [0.5, 0.6) is 0 Å². The summed E-state index contributed by atoms with van der Waals surface area (Å²) in [5.41, 5.74) is 4.96. The predicted molar refractivity (Wildman–Crippen MR) is 167 cm³/mol. The third-order valence-electron chi connectivity index (χ3n) is 7.42. The van der Waals surface area contributed by atoms with Crippen molar-refractivity contribution in [2.45, 2.75) is 6.54 Å². The molecule has 1 saturated heterocycles. The van der Waals surface area contributed by atoms with Crippen LogP contribution in [-0.2, 0) is 6.54 Å². The highest BCUT2D eigenvalue weighted by atomic mass is 35.5. The summed E-state index contributed by atoms with van der Waals surface area (Å²) in [5.74, 6) is 0.271. The average Bonchev–Trinajstić information content (AvgIpc) is 3.11. The molecule has 6 rings (SSSR count). The van der Waals surface area contributed by atoms with Crippen LogP contribution < -0.4 is 10.6 Å². The molecule has 3 aromatic carbocycles. The van der Waals surface area contributed by atoms with E-state index in [1.54, 1.807) is 60.8 Å². The van der Waals surface area contributed by atoms with Gasteiger partial charge in [-0.15, -0.1) is 0 Å². The SMILES string of the molecule is CN(C)CC1CN(C(=N)NC(=O)c2ccc(Nc3ncc4c(n3)-c3ccc(Cl)cc3C(c3ccccc3F)=NC4)cc2)C1. The number of benzene rings is 3. The van der Waals surface area contributed by atoms with E-state index in [-0.39, 0.29) is 24.2 Å². The molecule has 11 heteroatoms. The lowest BCUT2D eigenvalue weighted by Crippen LogP contribution is -2.57. The van der Waals surface area contributed by atoms with Crippen molar-refractivity contribution in [3.63, 3.8) is 0 Å². The third kappa shape index (κ3) is 6.11. The molecule has 3 N–H and O–H groups in total. The summed E-state index contributed by atoms with van der Waals surface area (Å²) >= 11 is 6.36. The number of hydrogen-bond acceptors (Lipinski definition) is 7. The van der Waals surface area contributed by atoms with Gasteiger partial charge in [-0.1, -0.05) is 29.8 Å². The summed E-state index contributed by atoms with van der Waals surface area (Å²) < 4.78 is 14.8. The molecular weight excluding hydrogens is 567 g/mol. The van der Waals surface area contributed by atoms with Gasteiger partial charge in [0.05, 0.1) is 18.0 Å². The normalized spacial score (nSPS) is 14.3. The number of amides is 1. The van der Waals surface area contributed by atoms with Gasteiger partial charge in [-0.25, -0.2) is 14.4 Å². The Balaban J connectivity index is 1.17. The number of carbonyl (C=O) groups excluding carboxylic acids is 1. The van der Waals surface area contributed by atoms with E-state index in [0.29, 0.717) is 50.7 Å². The molecule has 0 bridgehead atoms. The van der Waals surface area contributed by atoms with E-state index in [4.69, 9.17) is 27.0 Å². The minimum atomic E-state index is -0.366. The molecule has 0 aliphatic carbocycles. The monoisotopic (exact) mass is 596 g/mol. The van der Waals surface area contributed by atoms with Crippen LogP contribution in [-0.4, -0.2) is 71.1 Å². The summed E-state index contributed by atoms with van der Waals surface area (Å²) in [4.78, 5) is 30.7. The maximum atomic E-state index is 14.8. The van der Waals surface area contributed by atoms with E-state index in [9.17, 15) is 9.18 Å². The van der Waals surface area contributed by atoms with Crippen molar-refractivity contribution in [2.75, 3.05) is 39.0 Å². The highest BCUT2D eigenvalue weighted by Gasteiger charge is 2.30. The fourth-order valence-electron chi connectivity index (χ4n) is 5.34. The van der Waals surface area contributed by atoms with Gasteiger partial charge in [0, 0.05) is 70.3 Å². The molecule has 0 radical (unpaired) electrons.